The highest BCUT2D eigenvalue weighted by molar-refractivity contribution is 9.09. The summed E-state index contributed by atoms with van der Waals surface area (Å²) in [5.41, 5.74) is -0.469. The average Bonchev–Trinajstić information content (AvgIpc) is 2.18. The summed E-state index contributed by atoms with van der Waals surface area (Å²) in [5.74, 6) is -0.00484. The predicted molar refractivity (Wildman–Crippen MR) is 65.2 cm³/mol. The fourth-order valence-corrected chi connectivity index (χ4v) is 1.97. The number of hydrogen-bond donors (Lipinski definition) is 0. The Hall–Kier alpha value is -0.410. The molecule has 1 aliphatic carbocycles. The first-order chi connectivity index (χ1) is 7.10. The van der Waals surface area contributed by atoms with Gasteiger partial charge in [0.25, 0.3) is 0 Å². The molecule has 0 aromatic heterocycles. The summed E-state index contributed by atoms with van der Waals surface area (Å²) in [5, 5.41) is 0.924. The number of allylic oxidation sites excluding steroid dienone is 2. The molecule has 2 atom stereocenters. The molecule has 0 fully saturated rings. The first kappa shape index (κ1) is 12.7. The second kappa shape index (κ2) is 5.61. The van der Waals surface area contributed by atoms with Crippen molar-refractivity contribution in [2.75, 3.05) is 11.9 Å². The molecule has 0 aliphatic heterocycles. The van der Waals surface area contributed by atoms with Crippen LogP contribution in [0.4, 0.5) is 0 Å². The topological polar surface area (TPSA) is 26.3 Å². The molecule has 1 aliphatic rings. The minimum absolute atomic E-state index is 0.150. The summed E-state index contributed by atoms with van der Waals surface area (Å²) in [6.45, 7) is 4.25. The Balaban J connectivity index is 2.66. The Morgan fingerprint density at radius 1 is 1.53 bits per heavy atom. The molecule has 0 saturated heterocycles. The number of carbonyl (C=O) groups excluding carboxylic acids is 1. The summed E-state index contributed by atoms with van der Waals surface area (Å²) in [6.07, 6.45) is 8.68. The van der Waals surface area contributed by atoms with Crippen LogP contribution in [0, 0.1) is 5.92 Å². The minimum Gasteiger partial charge on any atom is -0.370 e. The van der Waals surface area contributed by atoms with Crippen LogP contribution in [-0.2, 0) is 9.53 Å². The monoisotopic (exact) mass is 272 g/mol. The van der Waals surface area contributed by atoms with Crippen LogP contribution < -0.4 is 0 Å². The van der Waals surface area contributed by atoms with Crippen LogP contribution in [0.2, 0.25) is 0 Å². The highest BCUT2D eigenvalue weighted by Crippen LogP contribution is 2.29. The van der Waals surface area contributed by atoms with E-state index < -0.39 is 5.60 Å². The number of hydrogen-bond acceptors (Lipinski definition) is 2. The molecule has 2 nitrogen and oxygen atoms in total. The van der Waals surface area contributed by atoms with Gasteiger partial charge in [-0.1, -0.05) is 40.2 Å². The van der Waals surface area contributed by atoms with E-state index in [0.717, 1.165) is 11.8 Å². The summed E-state index contributed by atoms with van der Waals surface area (Å²) in [7, 11) is 0. The van der Waals surface area contributed by atoms with Crippen LogP contribution in [0.5, 0.6) is 0 Å². The van der Waals surface area contributed by atoms with Crippen molar-refractivity contribution in [1.29, 1.82) is 0 Å². The minimum atomic E-state index is -0.469. The highest BCUT2D eigenvalue weighted by Gasteiger charge is 2.35. The molecule has 0 saturated carbocycles. The molecule has 0 amide bonds. The van der Waals surface area contributed by atoms with Crippen LogP contribution in [0.25, 0.3) is 0 Å². The van der Waals surface area contributed by atoms with Gasteiger partial charge in [-0.3, -0.25) is 4.79 Å². The molecular formula is C12H17BrO2. The van der Waals surface area contributed by atoms with Gasteiger partial charge in [-0.05, 0) is 20.3 Å². The van der Waals surface area contributed by atoms with Gasteiger partial charge in [0, 0.05) is 11.9 Å². The van der Waals surface area contributed by atoms with Crippen LogP contribution in [0.1, 0.15) is 20.3 Å². The van der Waals surface area contributed by atoms with Gasteiger partial charge in [-0.2, -0.15) is 0 Å². The molecule has 0 aromatic carbocycles. The van der Waals surface area contributed by atoms with Gasteiger partial charge in [-0.25, -0.2) is 0 Å². The molecular weight excluding hydrogens is 256 g/mol. The molecule has 0 radical (unpaired) electrons. The number of Topliss-reactive ketones (excluding diaryl/α,β-unsaturated/α-hetero) is 1. The molecule has 15 heavy (non-hydrogen) atoms. The number of carbonyl (C=O) groups is 1. The second-order valence-electron chi connectivity index (χ2n) is 3.91. The fourth-order valence-electron chi connectivity index (χ4n) is 1.74. The van der Waals surface area contributed by atoms with Crippen LogP contribution in [0.3, 0.4) is 0 Å². The Bertz CT molecular complexity index is 283. The number of halogens is 1. The molecule has 0 aromatic rings. The zero-order chi connectivity index (χ0) is 11.3. The number of ketones is 1. The van der Waals surface area contributed by atoms with E-state index in [9.17, 15) is 4.79 Å². The van der Waals surface area contributed by atoms with E-state index in [2.05, 4.69) is 15.9 Å². The third-order valence-electron chi connectivity index (χ3n) is 2.59. The van der Waals surface area contributed by atoms with Gasteiger partial charge in [0.15, 0.2) is 0 Å². The number of alkyl halides is 1. The lowest BCUT2D eigenvalue weighted by Gasteiger charge is -2.33. The molecule has 84 valence electrons. The lowest BCUT2D eigenvalue weighted by atomic mass is 9.82. The number of ether oxygens (including phenoxy) is 1. The normalized spacial score (nSPS) is 29.4. The molecule has 3 heteroatoms. The van der Waals surface area contributed by atoms with Gasteiger partial charge < -0.3 is 4.74 Å². The largest absolute Gasteiger partial charge is 0.370 e. The van der Waals surface area contributed by atoms with Crippen molar-refractivity contribution in [2.45, 2.75) is 25.9 Å². The predicted octanol–water partition coefficient (Wildman–Crippen LogP) is 2.88. The highest BCUT2D eigenvalue weighted by atomic mass is 79.9. The summed E-state index contributed by atoms with van der Waals surface area (Å²) < 4.78 is 5.80. The average molecular weight is 273 g/mol. The quantitative estimate of drug-likeness (QED) is 0.568. The van der Waals surface area contributed by atoms with Gasteiger partial charge >= 0.3 is 0 Å². The summed E-state index contributed by atoms with van der Waals surface area (Å²) in [4.78, 5) is 11.5. The van der Waals surface area contributed by atoms with E-state index in [4.69, 9.17) is 4.74 Å². The first-order valence-electron chi connectivity index (χ1n) is 5.16. The Kier molecular flexibility index (Phi) is 4.74. The molecule has 0 spiro atoms. The molecule has 0 heterocycles. The fraction of sp³-hybridized carbons (Fsp3) is 0.583. The van der Waals surface area contributed by atoms with Crippen LogP contribution >= 0.6 is 15.9 Å². The first-order valence-corrected chi connectivity index (χ1v) is 6.29. The van der Waals surface area contributed by atoms with Crippen molar-refractivity contribution in [3.63, 3.8) is 0 Å². The maximum Gasteiger partial charge on any atom is 0.139 e. The summed E-state index contributed by atoms with van der Waals surface area (Å²) >= 11 is 3.36. The third kappa shape index (κ3) is 3.28. The van der Waals surface area contributed by atoms with Gasteiger partial charge in [0.05, 0.1) is 11.5 Å². The van der Waals surface area contributed by atoms with Crippen LogP contribution in [-0.4, -0.2) is 23.3 Å². The maximum atomic E-state index is 11.5. The Morgan fingerprint density at radius 3 is 2.87 bits per heavy atom. The van der Waals surface area contributed by atoms with E-state index in [1.54, 1.807) is 6.92 Å². The van der Waals surface area contributed by atoms with Gasteiger partial charge in [0.2, 0.25) is 0 Å². The van der Waals surface area contributed by atoms with E-state index in [1.165, 1.54) is 0 Å². The second-order valence-corrected chi connectivity index (χ2v) is 4.70. The van der Waals surface area contributed by atoms with Crippen molar-refractivity contribution in [3.8, 4) is 0 Å². The van der Waals surface area contributed by atoms with E-state index in [-0.39, 0.29) is 11.7 Å². The summed E-state index contributed by atoms with van der Waals surface area (Å²) in [6, 6.07) is 0. The molecule has 1 rings (SSSR count). The van der Waals surface area contributed by atoms with E-state index >= 15 is 0 Å². The Morgan fingerprint density at radius 2 is 2.27 bits per heavy atom. The SMILES string of the molecule is CC(=O)C1C=CC=CC1(C)OCCCBr. The zero-order valence-electron chi connectivity index (χ0n) is 9.20. The van der Waals surface area contributed by atoms with Crippen molar-refractivity contribution in [2.24, 2.45) is 5.92 Å². The van der Waals surface area contributed by atoms with Crippen molar-refractivity contribution >= 4 is 21.7 Å². The lowest BCUT2D eigenvalue weighted by Crippen LogP contribution is -2.40. The van der Waals surface area contributed by atoms with Crippen LogP contribution in [0.15, 0.2) is 24.3 Å². The van der Waals surface area contributed by atoms with E-state index in [0.29, 0.717) is 6.61 Å². The third-order valence-corrected chi connectivity index (χ3v) is 3.15. The maximum absolute atomic E-state index is 11.5. The molecule has 0 bridgehead atoms. The smallest absolute Gasteiger partial charge is 0.139 e. The molecule has 2 unspecified atom stereocenters. The van der Waals surface area contributed by atoms with Gasteiger partial charge in [0.1, 0.15) is 5.78 Å². The van der Waals surface area contributed by atoms with E-state index in [1.807, 2.05) is 31.2 Å². The van der Waals surface area contributed by atoms with Gasteiger partial charge in [-0.15, -0.1) is 0 Å². The standard InChI is InChI=1S/C12H17BrO2/c1-10(14)11-6-3-4-7-12(11,2)15-9-5-8-13/h3-4,6-7,11H,5,8-9H2,1-2H3. The van der Waals surface area contributed by atoms with Crippen molar-refractivity contribution < 1.29 is 9.53 Å². The number of rotatable bonds is 5. The molecule has 0 N–H and O–H groups in total. The lowest BCUT2D eigenvalue weighted by molar-refractivity contribution is -0.127. The van der Waals surface area contributed by atoms with Crippen molar-refractivity contribution in [1.82, 2.24) is 0 Å². The Labute approximate surface area is 99.5 Å². The zero-order valence-corrected chi connectivity index (χ0v) is 10.8. The van der Waals surface area contributed by atoms with Crippen molar-refractivity contribution in [3.05, 3.63) is 24.3 Å².